The van der Waals surface area contributed by atoms with E-state index in [0.29, 0.717) is 24.0 Å². The fourth-order valence-electron chi connectivity index (χ4n) is 3.07. The van der Waals surface area contributed by atoms with E-state index in [1.807, 2.05) is 66.9 Å². The molecule has 0 saturated heterocycles. The first kappa shape index (κ1) is 21.9. The van der Waals surface area contributed by atoms with Crippen molar-refractivity contribution < 1.29 is 14.3 Å². The Bertz CT molecular complexity index is 986. The van der Waals surface area contributed by atoms with Gasteiger partial charge in [-0.25, -0.2) is 0 Å². The van der Waals surface area contributed by atoms with Crippen molar-refractivity contribution >= 4 is 17.7 Å². The average Bonchev–Trinajstić information content (AvgIpc) is 3.18. The summed E-state index contributed by atoms with van der Waals surface area (Å²) in [5.41, 5.74) is 2.99. The second-order valence-electron chi connectivity index (χ2n) is 6.86. The Morgan fingerprint density at radius 1 is 1.13 bits per heavy atom. The number of aromatic nitrogens is 3. The number of hydrogen-bond acceptors (Lipinski definition) is 6. The van der Waals surface area contributed by atoms with E-state index in [0.717, 1.165) is 23.4 Å². The molecule has 6 nitrogen and oxygen atoms in total. The smallest absolute Gasteiger partial charge is 0.319 e. The molecule has 2 aromatic carbocycles. The van der Waals surface area contributed by atoms with Gasteiger partial charge in [-0.15, -0.1) is 10.2 Å². The predicted molar refractivity (Wildman–Crippen MR) is 119 cm³/mol. The number of benzene rings is 2. The number of nitrogens with zero attached hydrogens (tertiary/aromatic N) is 3. The maximum absolute atomic E-state index is 12.5. The number of thioether (sulfide) groups is 1. The highest BCUT2D eigenvalue weighted by atomic mass is 32.2. The summed E-state index contributed by atoms with van der Waals surface area (Å²) in [6, 6.07) is 15.9. The molecule has 1 heterocycles. The summed E-state index contributed by atoms with van der Waals surface area (Å²) in [4.78, 5) is 12.5. The third-order valence-corrected chi connectivity index (χ3v) is 5.79. The van der Waals surface area contributed by atoms with Crippen LogP contribution in [-0.4, -0.2) is 39.7 Å². The van der Waals surface area contributed by atoms with Gasteiger partial charge in [-0.1, -0.05) is 54.9 Å². The molecule has 1 aromatic heterocycles. The maximum atomic E-state index is 12.5. The predicted octanol–water partition coefficient (Wildman–Crippen LogP) is 5.08. The lowest BCUT2D eigenvalue weighted by Crippen LogP contribution is -2.20. The highest BCUT2D eigenvalue weighted by Gasteiger charge is 2.25. The monoisotopic (exact) mass is 425 g/mol. The number of methoxy groups -OCH3 is 1. The van der Waals surface area contributed by atoms with Crippen LogP contribution < -0.4 is 4.74 Å². The largest absolute Gasteiger partial charge is 0.497 e. The minimum atomic E-state index is -0.332. The minimum absolute atomic E-state index is 0.217. The first-order valence-corrected chi connectivity index (χ1v) is 11.0. The van der Waals surface area contributed by atoms with Crippen molar-refractivity contribution in [2.45, 2.75) is 44.0 Å². The molecule has 0 unspecified atom stereocenters. The van der Waals surface area contributed by atoms with E-state index < -0.39 is 0 Å². The summed E-state index contributed by atoms with van der Waals surface area (Å²) >= 11 is 1.40. The molecule has 0 bridgehead atoms. The molecule has 0 aliphatic heterocycles. The zero-order valence-corrected chi connectivity index (χ0v) is 18.6. The normalized spacial score (nSPS) is 11.9. The maximum Gasteiger partial charge on any atom is 0.319 e. The van der Waals surface area contributed by atoms with Gasteiger partial charge in [0.1, 0.15) is 11.0 Å². The third-order valence-electron chi connectivity index (χ3n) is 4.60. The lowest BCUT2D eigenvalue weighted by molar-refractivity contribution is -0.142. The molecule has 0 radical (unpaired) electrons. The quantitative estimate of drug-likeness (QED) is 0.352. The molecule has 1 atom stereocenters. The van der Waals surface area contributed by atoms with Gasteiger partial charge in [-0.2, -0.15) is 0 Å². The average molecular weight is 426 g/mol. The van der Waals surface area contributed by atoms with Crippen LogP contribution in [0.4, 0.5) is 0 Å². The van der Waals surface area contributed by atoms with Crippen molar-refractivity contribution in [2.24, 2.45) is 0 Å². The van der Waals surface area contributed by atoms with Crippen LogP contribution in [0.2, 0.25) is 0 Å². The van der Waals surface area contributed by atoms with E-state index in [1.165, 1.54) is 17.3 Å². The molecule has 0 aliphatic carbocycles. The van der Waals surface area contributed by atoms with Gasteiger partial charge in [0.15, 0.2) is 11.0 Å². The van der Waals surface area contributed by atoms with Crippen LogP contribution in [0.1, 0.15) is 32.3 Å². The number of esters is 1. The lowest BCUT2D eigenvalue weighted by atomic mass is 10.2. The number of hydrogen-bond donors (Lipinski definition) is 0. The van der Waals surface area contributed by atoms with Gasteiger partial charge in [0, 0.05) is 11.3 Å². The van der Waals surface area contributed by atoms with Gasteiger partial charge < -0.3 is 9.47 Å². The third kappa shape index (κ3) is 5.02. The van der Waals surface area contributed by atoms with Crippen LogP contribution >= 0.6 is 11.8 Å². The Kier molecular flexibility index (Phi) is 7.52. The van der Waals surface area contributed by atoms with Crippen LogP contribution in [0.5, 0.6) is 5.75 Å². The van der Waals surface area contributed by atoms with Crippen molar-refractivity contribution in [3.05, 3.63) is 54.1 Å². The SMILES string of the molecule is CCC[C@@H](Sc1nnc(-c2cccc(OC)c2)n1-c1ccc(C)cc1)C(=O)OCC. The Morgan fingerprint density at radius 2 is 1.90 bits per heavy atom. The Balaban J connectivity index is 2.07. The lowest BCUT2D eigenvalue weighted by Gasteiger charge is -2.16. The molecule has 3 rings (SSSR count). The summed E-state index contributed by atoms with van der Waals surface area (Å²) in [5, 5.41) is 9.23. The van der Waals surface area contributed by atoms with E-state index in [4.69, 9.17) is 9.47 Å². The first-order valence-electron chi connectivity index (χ1n) is 10.1. The van der Waals surface area contributed by atoms with Crippen LogP contribution in [0.3, 0.4) is 0 Å². The second kappa shape index (κ2) is 10.3. The molecular formula is C23H27N3O3S. The zero-order valence-electron chi connectivity index (χ0n) is 17.8. The number of rotatable bonds is 9. The number of carbonyl (C=O) groups is 1. The summed E-state index contributed by atoms with van der Waals surface area (Å²) in [7, 11) is 1.64. The number of aryl methyl sites for hydroxylation is 1. The summed E-state index contributed by atoms with van der Waals surface area (Å²) in [6.07, 6.45) is 1.58. The summed E-state index contributed by atoms with van der Waals surface area (Å²) < 4.78 is 12.6. The molecule has 30 heavy (non-hydrogen) atoms. The van der Waals surface area contributed by atoms with Gasteiger partial charge in [-0.3, -0.25) is 9.36 Å². The van der Waals surface area contributed by atoms with Crippen molar-refractivity contribution in [1.82, 2.24) is 14.8 Å². The van der Waals surface area contributed by atoms with Crippen molar-refractivity contribution in [3.8, 4) is 22.8 Å². The van der Waals surface area contributed by atoms with Gasteiger partial charge in [0.25, 0.3) is 0 Å². The Morgan fingerprint density at radius 3 is 2.57 bits per heavy atom. The molecule has 0 saturated carbocycles. The Hall–Kier alpha value is -2.80. The van der Waals surface area contributed by atoms with Crippen molar-refractivity contribution in [2.75, 3.05) is 13.7 Å². The van der Waals surface area contributed by atoms with E-state index in [9.17, 15) is 4.79 Å². The molecule has 3 aromatic rings. The van der Waals surface area contributed by atoms with Gasteiger partial charge in [-0.05, 0) is 44.5 Å². The number of carbonyl (C=O) groups excluding carboxylic acids is 1. The van der Waals surface area contributed by atoms with Crippen LogP contribution in [-0.2, 0) is 9.53 Å². The zero-order chi connectivity index (χ0) is 21.5. The fourth-order valence-corrected chi connectivity index (χ4v) is 4.23. The van der Waals surface area contributed by atoms with Gasteiger partial charge >= 0.3 is 5.97 Å². The summed E-state index contributed by atoms with van der Waals surface area (Å²) in [6.45, 7) is 6.28. The van der Waals surface area contributed by atoms with Crippen LogP contribution in [0, 0.1) is 6.92 Å². The van der Waals surface area contributed by atoms with E-state index >= 15 is 0 Å². The minimum Gasteiger partial charge on any atom is -0.497 e. The Labute approximate surface area is 181 Å². The highest BCUT2D eigenvalue weighted by Crippen LogP contribution is 2.33. The van der Waals surface area contributed by atoms with Crippen molar-refractivity contribution in [1.29, 1.82) is 0 Å². The van der Waals surface area contributed by atoms with Gasteiger partial charge in [0.2, 0.25) is 0 Å². The van der Waals surface area contributed by atoms with Crippen molar-refractivity contribution in [3.63, 3.8) is 0 Å². The van der Waals surface area contributed by atoms with Crippen LogP contribution in [0.15, 0.2) is 53.7 Å². The van der Waals surface area contributed by atoms with Crippen LogP contribution in [0.25, 0.3) is 17.1 Å². The molecule has 0 aliphatic rings. The highest BCUT2D eigenvalue weighted by molar-refractivity contribution is 8.00. The van der Waals surface area contributed by atoms with E-state index in [1.54, 1.807) is 7.11 Å². The molecule has 0 spiro atoms. The summed E-state index contributed by atoms with van der Waals surface area (Å²) in [5.74, 6) is 1.22. The molecule has 158 valence electrons. The molecule has 0 fully saturated rings. The van der Waals surface area contributed by atoms with Gasteiger partial charge in [0.05, 0.1) is 13.7 Å². The first-order chi connectivity index (χ1) is 14.6. The van der Waals surface area contributed by atoms with E-state index in [2.05, 4.69) is 17.1 Å². The topological polar surface area (TPSA) is 66.2 Å². The number of ether oxygens (including phenoxy) is 2. The fraction of sp³-hybridized carbons (Fsp3) is 0.348. The van der Waals surface area contributed by atoms with E-state index in [-0.39, 0.29) is 11.2 Å². The second-order valence-corrected chi connectivity index (χ2v) is 8.03. The molecule has 0 amide bonds. The molecular weight excluding hydrogens is 398 g/mol. The molecule has 7 heteroatoms. The molecule has 0 N–H and O–H groups in total. The standard InChI is InChI=1S/C23H27N3O3S/c1-5-8-20(22(27)29-6-2)30-23-25-24-21(17-9-7-10-19(15-17)28-4)26(23)18-13-11-16(3)12-14-18/h7,9-15,20H,5-6,8H2,1-4H3/t20-/m1/s1.